The first kappa shape index (κ1) is 15.0. The SMILES string of the molecule is CC(C)(C)CCOCC(O)c1ccc2ccccc2c1. The van der Waals surface area contributed by atoms with Crippen molar-refractivity contribution in [3.8, 4) is 0 Å². The van der Waals surface area contributed by atoms with Crippen molar-refractivity contribution in [2.24, 2.45) is 5.41 Å². The zero-order chi connectivity index (χ0) is 14.6. The summed E-state index contributed by atoms with van der Waals surface area (Å²) in [5.41, 5.74) is 1.19. The molecule has 108 valence electrons. The minimum absolute atomic E-state index is 0.272. The Morgan fingerprint density at radius 2 is 1.75 bits per heavy atom. The molecule has 1 unspecified atom stereocenters. The van der Waals surface area contributed by atoms with Crippen LogP contribution in [0, 0.1) is 5.41 Å². The summed E-state index contributed by atoms with van der Waals surface area (Å²) in [4.78, 5) is 0. The van der Waals surface area contributed by atoms with Crippen LogP contribution in [0.1, 0.15) is 38.9 Å². The van der Waals surface area contributed by atoms with Crippen LogP contribution in [0.3, 0.4) is 0 Å². The third kappa shape index (κ3) is 4.32. The van der Waals surface area contributed by atoms with E-state index in [1.54, 1.807) is 0 Å². The number of benzene rings is 2. The van der Waals surface area contributed by atoms with Gasteiger partial charge in [-0.15, -0.1) is 0 Å². The van der Waals surface area contributed by atoms with Gasteiger partial charge in [-0.1, -0.05) is 57.2 Å². The lowest BCUT2D eigenvalue weighted by molar-refractivity contribution is 0.0264. The Morgan fingerprint density at radius 3 is 2.45 bits per heavy atom. The first-order valence-electron chi connectivity index (χ1n) is 7.20. The summed E-state index contributed by atoms with van der Waals surface area (Å²) in [6.07, 6.45) is 0.442. The second-order valence-electron chi connectivity index (χ2n) is 6.51. The molecule has 0 radical (unpaired) electrons. The van der Waals surface area contributed by atoms with E-state index in [0.29, 0.717) is 13.2 Å². The Kier molecular flexibility index (Phi) is 4.79. The topological polar surface area (TPSA) is 29.5 Å². The van der Waals surface area contributed by atoms with Crippen molar-refractivity contribution < 1.29 is 9.84 Å². The predicted octanol–water partition coefficient (Wildman–Crippen LogP) is 4.33. The fraction of sp³-hybridized carbons (Fsp3) is 0.444. The van der Waals surface area contributed by atoms with Crippen molar-refractivity contribution >= 4 is 10.8 Å². The van der Waals surface area contributed by atoms with Crippen molar-refractivity contribution in [2.45, 2.75) is 33.3 Å². The number of ether oxygens (including phenoxy) is 1. The molecule has 0 saturated heterocycles. The van der Waals surface area contributed by atoms with Crippen molar-refractivity contribution in [3.05, 3.63) is 48.0 Å². The fourth-order valence-corrected chi connectivity index (χ4v) is 2.08. The highest BCUT2D eigenvalue weighted by molar-refractivity contribution is 5.83. The average molecular weight is 272 g/mol. The number of hydrogen-bond acceptors (Lipinski definition) is 2. The van der Waals surface area contributed by atoms with Crippen LogP contribution in [0.2, 0.25) is 0 Å². The van der Waals surface area contributed by atoms with Crippen LogP contribution in [-0.4, -0.2) is 18.3 Å². The molecule has 0 aromatic heterocycles. The number of rotatable bonds is 5. The number of fused-ring (bicyclic) bond motifs is 1. The van der Waals surface area contributed by atoms with Crippen LogP contribution in [0.5, 0.6) is 0 Å². The molecule has 0 saturated carbocycles. The Balaban J connectivity index is 1.92. The van der Waals surface area contributed by atoms with Gasteiger partial charge >= 0.3 is 0 Å². The monoisotopic (exact) mass is 272 g/mol. The fourth-order valence-electron chi connectivity index (χ4n) is 2.08. The number of aliphatic hydroxyl groups excluding tert-OH is 1. The number of aliphatic hydroxyl groups is 1. The van der Waals surface area contributed by atoms with Gasteiger partial charge in [0.05, 0.1) is 6.61 Å². The molecule has 2 nitrogen and oxygen atoms in total. The molecule has 0 fully saturated rings. The minimum atomic E-state index is -0.556. The van der Waals surface area contributed by atoms with E-state index < -0.39 is 6.10 Å². The van der Waals surface area contributed by atoms with Crippen LogP contribution in [0.25, 0.3) is 10.8 Å². The van der Waals surface area contributed by atoms with E-state index in [0.717, 1.165) is 17.4 Å². The average Bonchev–Trinajstić information content (AvgIpc) is 2.42. The van der Waals surface area contributed by atoms with Gasteiger partial charge in [0.15, 0.2) is 0 Å². The van der Waals surface area contributed by atoms with Crippen LogP contribution in [0.15, 0.2) is 42.5 Å². The van der Waals surface area contributed by atoms with Gasteiger partial charge in [-0.2, -0.15) is 0 Å². The molecular formula is C18H24O2. The van der Waals surface area contributed by atoms with Crippen LogP contribution in [0.4, 0.5) is 0 Å². The zero-order valence-electron chi connectivity index (χ0n) is 12.6. The van der Waals surface area contributed by atoms with E-state index in [1.807, 2.05) is 30.3 Å². The van der Waals surface area contributed by atoms with E-state index in [1.165, 1.54) is 5.39 Å². The lowest BCUT2D eigenvalue weighted by Crippen LogP contribution is -2.13. The lowest BCUT2D eigenvalue weighted by atomic mass is 9.93. The smallest absolute Gasteiger partial charge is 0.102 e. The molecular weight excluding hydrogens is 248 g/mol. The van der Waals surface area contributed by atoms with Gasteiger partial charge in [0.25, 0.3) is 0 Å². The van der Waals surface area contributed by atoms with E-state index >= 15 is 0 Å². The van der Waals surface area contributed by atoms with Crippen molar-refractivity contribution in [1.82, 2.24) is 0 Å². The number of hydrogen-bond donors (Lipinski definition) is 1. The quantitative estimate of drug-likeness (QED) is 0.821. The molecule has 0 spiro atoms. The van der Waals surface area contributed by atoms with Crippen LogP contribution in [-0.2, 0) is 4.74 Å². The van der Waals surface area contributed by atoms with Gasteiger partial charge in [-0.25, -0.2) is 0 Å². The predicted molar refractivity (Wildman–Crippen MR) is 83.8 cm³/mol. The van der Waals surface area contributed by atoms with E-state index in [2.05, 4.69) is 32.9 Å². The van der Waals surface area contributed by atoms with Crippen molar-refractivity contribution in [1.29, 1.82) is 0 Å². The molecule has 1 N–H and O–H groups in total. The molecule has 20 heavy (non-hydrogen) atoms. The molecule has 0 aliphatic carbocycles. The lowest BCUT2D eigenvalue weighted by Gasteiger charge is -2.19. The molecule has 2 aromatic carbocycles. The Labute approximate surface area is 121 Å². The van der Waals surface area contributed by atoms with Gasteiger partial charge in [0.2, 0.25) is 0 Å². The molecule has 0 amide bonds. The van der Waals surface area contributed by atoms with E-state index in [-0.39, 0.29) is 5.41 Å². The van der Waals surface area contributed by atoms with Crippen molar-refractivity contribution in [2.75, 3.05) is 13.2 Å². The van der Waals surface area contributed by atoms with Gasteiger partial charge in [0.1, 0.15) is 6.10 Å². The minimum Gasteiger partial charge on any atom is -0.386 e. The maximum absolute atomic E-state index is 10.2. The molecule has 0 aliphatic rings. The summed E-state index contributed by atoms with van der Waals surface area (Å²) in [6, 6.07) is 14.2. The standard InChI is InChI=1S/C18H24O2/c1-18(2,3)10-11-20-13-17(19)16-9-8-14-6-4-5-7-15(14)12-16/h4-9,12,17,19H,10-11,13H2,1-3H3. The van der Waals surface area contributed by atoms with Gasteiger partial charge < -0.3 is 9.84 Å². The molecule has 2 aromatic rings. The highest BCUT2D eigenvalue weighted by Gasteiger charge is 2.12. The highest BCUT2D eigenvalue weighted by atomic mass is 16.5. The van der Waals surface area contributed by atoms with Crippen LogP contribution < -0.4 is 0 Å². The van der Waals surface area contributed by atoms with Crippen LogP contribution >= 0.6 is 0 Å². The van der Waals surface area contributed by atoms with Gasteiger partial charge in [0, 0.05) is 6.61 Å². The second-order valence-corrected chi connectivity index (χ2v) is 6.51. The summed E-state index contributed by atoms with van der Waals surface area (Å²) in [5.74, 6) is 0. The summed E-state index contributed by atoms with van der Waals surface area (Å²) < 4.78 is 5.59. The third-order valence-electron chi connectivity index (χ3n) is 3.43. The summed E-state index contributed by atoms with van der Waals surface area (Å²) in [7, 11) is 0. The maximum Gasteiger partial charge on any atom is 0.102 e. The summed E-state index contributed by atoms with van der Waals surface area (Å²) in [6.45, 7) is 7.62. The summed E-state index contributed by atoms with van der Waals surface area (Å²) in [5, 5.41) is 12.5. The maximum atomic E-state index is 10.2. The summed E-state index contributed by atoms with van der Waals surface area (Å²) >= 11 is 0. The Bertz CT molecular complexity index is 555. The molecule has 1 atom stereocenters. The normalized spacial score (nSPS) is 13.6. The first-order valence-corrected chi connectivity index (χ1v) is 7.20. The third-order valence-corrected chi connectivity index (χ3v) is 3.43. The second kappa shape index (κ2) is 6.38. The largest absolute Gasteiger partial charge is 0.386 e. The molecule has 2 rings (SSSR count). The molecule has 0 aliphatic heterocycles. The Morgan fingerprint density at radius 1 is 1.05 bits per heavy atom. The molecule has 0 heterocycles. The van der Waals surface area contributed by atoms with Gasteiger partial charge in [-0.3, -0.25) is 0 Å². The van der Waals surface area contributed by atoms with Crippen molar-refractivity contribution in [3.63, 3.8) is 0 Å². The van der Waals surface area contributed by atoms with E-state index in [4.69, 9.17) is 4.74 Å². The Hall–Kier alpha value is -1.38. The molecule has 0 bridgehead atoms. The zero-order valence-corrected chi connectivity index (χ0v) is 12.6. The highest BCUT2D eigenvalue weighted by Crippen LogP contribution is 2.22. The first-order chi connectivity index (χ1) is 9.46. The van der Waals surface area contributed by atoms with Gasteiger partial charge in [-0.05, 0) is 34.2 Å². The van der Waals surface area contributed by atoms with E-state index in [9.17, 15) is 5.11 Å². The molecule has 2 heteroatoms.